The summed E-state index contributed by atoms with van der Waals surface area (Å²) in [6.07, 6.45) is -6.99. The highest BCUT2D eigenvalue weighted by molar-refractivity contribution is 5.68. The number of ether oxygens (including phenoxy) is 7. The second-order valence-electron chi connectivity index (χ2n) is 11.2. The number of esters is 4. The summed E-state index contributed by atoms with van der Waals surface area (Å²) in [5.41, 5.74) is 1.52. The number of carbonyl (C=O) groups is 4. The van der Waals surface area contributed by atoms with E-state index in [9.17, 15) is 19.2 Å². The molecule has 14 heteroatoms. The Kier molecular flexibility index (Phi) is 11.9. The van der Waals surface area contributed by atoms with Gasteiger partial charge < -0.3 is 33.2 Å². The fraction of sp³-hybridized carbons (Fsp3) is 0.581. The minimum absolute atomic E-state index is 0.0315. The summed E-state index contributed by atoms with van der Waals surface area (Å²) in [4.78, 5) is 48.1. The van der Waals surface area contributed by atoms with Gasteiger partial charge in [-0.25, -0.2) is 4.39 Å². The second kappa shape index (κ2) is 15.2. The molecule has 2 heterocycles. The molecule has 0 radical (unpaired) electrons. The Balaban J connectivity index is 2.09. The van der Waals surface area contributed by atoms with Gasteiger partial charge in [-0.2, -0.15) is 0 Å². The van der Waals surface area contributed by atoms with Crippen LogP contribution in [0, 0.1) is 12.7 Å². The van der Waals surface area contributed by atoms with E-state index in [-0.39, 0.29) is 24.4 Å². The molecule has 1 aliphatic heterocycles. The summed E-state index contributed by atoms with van der Waals surface area (Å²) in [5.74, 6) is -3.03. The molecule has 0 N–H and O–H groups in total. The van der Waals surface area contributed by atoms with Crippen molar-refractivity contribution in [1.29, 1.82) is 0 Å². The third-order valence-corrected chi connectivity index (χ3v) is 6.67. The van der Waals surface area contributed by atoms with E-state index in [0.717, 1.165) is 20.8 Å². The molecule has 0 amide bonds. The molecule has 13 nitrogen and oxygen atoms in total. The molecule has 0 spiro atoms. The highest BCUT2D eigenvalue weighted by Gasteiger charge is 2.53. The maximum atomic E-state index is 15.2. The number of nitrogens with zero attached hydrogens (tertiary/aromatic N) is 2. The highest BCUT2D eigenvalue weighted by Crippen LogP contribution is 2.34. The molecule has 2 aromatic rings. The Morgan fingerprint density at radius 3 is 2.04 bits per heavy atom. The SMILES string of the molecule is CC(=O)OC[C@H]1OC(Oc2nn(C(C)C)c(C)c2Cc2ccc(OC(C)C)cc2F)[C@H](OC(C)=O)[C@@H](OC(C)=O)[C@@H]1OC(C)=O. The molecule has 45 heavy (non-hydrogen) atoms. The smallest absolute Gasteiger partial charge is 0.303 e. The molecule has 0 saturated carbocycles. The molecule has 1 aromatic carbocycles. The van der Waals surface area contributed by atoms with Gasteiger partial charge in [0.05, 0.1) is 6.10 Å². The molecule has 1 saturated heterocycles. The fourth-order valence-electron chi connectivity index (χ4n) is 4.93. The van der Waals surface area contributed by atoms with E-state index in [0.29, 0.717) is 22.6 Å². The predicted molar refractivity (Wildman–Crippen MR) is 155 cm³/mol. The lowest BCUT2D eigenvalue weighted by Crippen LogP contribution is -2.63. The molecule has 1 aliphatic rings. The lowest BCUT2D eigenvalue weighted by atomic mass is 9.98. The van der Waals surface area contributed by atoms with Crippen LogP contribution in [0.3, 0.4) is 0 Å². The van der Waals surface area contributed by atoms with Crippen LogP contribution in [0.25, 0.3) is 0 Å². The van der Waals surface area contributed by atoms with Crippen molar-refractivity contribution in [1.82, 2.24) is 9.78 Å². The number of halogens is 1. The molecule has 5 atom stereocenters. The van der Waals surface area contributed by atoms with Crippen LogP contribution in [0.4, 0.5) is 4.39 Å². The predicted octanol–water partition coefficient (Wildman–Crippen LogP) is 3.75. The van der Waals surface area contributed by atoms with Crippen LogP contribution >= 0.6 is 0 Å². The monoisotopic (exact) mass is 636 g/mol. The van der Waals surface area contributed by atoms with Crippen molar-refractivity contribution >= 4 is 23.9 Å². The van der Waals surface area contributed by atoms with Crippen molar-refractivity contribution in [3.05, 3.63) is 40.8 Å². The largest absolute Gasteiger partial charge is 0.491 e. The minimum atomic E-state index is -1.49. The van der Waals surface area contributed by atoms with Crippen molar-refractivity contribution < 1.29 is 56.7 Å². The van der Waals surface area contributed by atoms with Gasteiger partial charge in [-0.1, -0.05) is 6.07 Å². The average molecular weight is 637 g/mol. The molecule has 3 rings (SSSR count). The van der Waals surface area contributed by atoms with Crippen molar-refractivity contribution in [2.24, 2.45) is 0 Å². The van der Waals surface area contributed by atoms with Gasteiger partial charge in [0, 0.05) is 57.5 Å². The minimum Gasteiger partial charge on any atom is -0.491 e. The van der Waals surface area contributed by atoms with Crippen LogP contribution in [-0.2, 0) is 49.3 Å². The van der Waals surface area contributed by atoms with Crippen LogP contribution in [0.1, 0.15) is 78.3 Å². The van der Waals surface area contributed by atoms with E-state index >= 15 is 4.39 Å². The Hall–Kier alpha value is -4.20. The van der Waals surface area contributed by atoms with Gasteiger partial charge in [-0.15, -0.1) is 5.10 Å². The number of aromatic nitrogens is 2. The first-order valence-electron chi connectivity index (χ1n) is 14.6. The van der Waals surface area contributed by atoms with Crippen LogP contribution in [-0.4, -0.2) is 77.1 Å². The lowest BCUT2D eigenvalue weighted by Gasteiger charge is -2.43. The number of hydrogen-bond donors (Lipinski definition) is 0. The van der Waals surface area contributed by atoms with Crippen molar-refractivity contribution in [3.8, 4) is 11.6 Å². The topological polar surface area (TPSA) is 151 Å². The van der Waals surface area contributed by atoms with E-state index < -0.39 is 67.0 Å². The van der Waals surface area contributed by atoms with Gasteiger partial charge in [-0.05, 0) is 46.2 Å². The van der Waals surface area contributed by atoms with Gasteiger partial charge in [0.25, 0.3) is 0 Å². The van der Waals surface area contributed by atoms with E-state index in [1.165, 1.54) is 13.0 Å². The zero-order valence-electron chi connectivity index (χ0n) is 27.0. The lowest BCUT2D eigenvalue weighted by molar-refractivity contribution is -0.289. The number of carbonyl (C=O) groups excluding carboxylic acids is 4. The first-order valence-corrected chi connectivity index (χ1v) is 14.6. The molecular formula is C31H41FN2O11. The molecule has 1 fully saturated rings. The molecule has 248 valence electrons. The number of benzene rings is 1. The summed E-state index contributed by atoms with van der Waals surface area (Å²) in [7, 11) is 0. The fourth-order valence-corrected chi connectivity index (χ4v) is 4.93. The van der Waals surface area contributed by atoms with Gasteiger partial charge in [0.1, 0.15) is 24.3 Å². The van der Waals surface area contributed by atoms with Gasteiger partial charge in [0.2, 0.25) is 18.3 Å². The standard InChI is InChI=1S/C31H41FN2O11/c1-15(2)34-17(5)24(12-22-10-11-23(13-25(22)32)40-16(3)4)30(33-34)45-31-29(43-21(9)38)28(42-20(8)37)27(41-19(7)36)26(44-31)14-39-18(6)35/h10-11,13,15-16,26-29,31H,12,14H2,1-9H3/t26-,27-,28+,29-,31?/m1/s1. The van der Waals surface area contributed by atoms with Gasteiger partial charge in [-0.3, -0.25) is 23.9 Å². The summed E-state index contributed by atoms with van der Waals surface area (Å²) >= 11 is 0. The van der Waals surface area contributed by atoms with E-state index in [4.69, 9.17) is 33.2 Å². The second-order valence-corrected chi connectivity index (χ2v) is 11.2. The Labute approximate surface area is 261 Å². The Bertz CT molecular complexity index is 1390. The highest BCUT2D eigenvalue weighted by atomic mass is 19.1. The third-order valence-electron chi connectivity index (χ3n) is 6.67. The number of hydrogen-bond acceptors (Lipinski definition) is 12. The zero-order valence-corrected chi connectivity index (χ0v) is 27.0. The van der Waals surface area contributed by atoms with E-state index in [1.54, 1.807) is 23.7 Å². The molecule has 1 aromatic heterocycles. The number of rotatable bonds is 12. The first-order chi connectivity index (χ1) is 21.1. The quantitative estimate of drug-likeness (QED) is 0.247. The van der Waals surface area contributed by atoms with E-state index in [1.807, 2.05) is 27.7 Å². The summed E-state index contributed by atoms with van der Waals surface area (Å²) in [6.45, 7) is 13.4. The van der Waals surface area contributed by atoms with Gasteiger partial charge >= 0.3 is 23.9 Å². The van der Waals surface area contributed by atoms with Crippen LogP contribution in [0.2, 0.25) is 0 Å². The normalized spacial score (nSPS) is 21.3. The molecule has 0 bridgehead atoms. The van der Waals surface area contributed by atoms with Crippen molar-refractivity contribution in [2.75, 3.05) is 6.61 Å². The molecule has 1 unspecified atom stereocenters. The summed E-state index contributed by atoms with van der Waals surface area (Å²) in [5, 5.41) is 4.60. The van der Waals surface area contributed by atoms with Crippen LogP contribution < -0.4 is 9.47 Å². The maximum absolute atomic E-state index is 15.2. The zero-order chi connectivity index (χ0) is 33.6. The molecule has 0 aliphatic carbocycles. The third kappa shape index (κ3) is 9.40. The first kappa shape index (κ1) is 35.3. The molecular weight excluding hydrogens is 595 g/mol. The van der Waals surface area contributed by atoms with Crippen molar-refractivity contribution in [3.63, 3.8) is 0 Å². The van der Waals surface area contributed by atoms with Crippen LogP contribution in [0.15, 0.2) is 18.2 Å². The maximum Gasteiger partial charge on any atom is 0.303 e. The average Bonchev–Trinajstić information content (AvgIpc) is 3.21. The van der Waals surface area contributed by atoms with Gasteiger partial charge in [0.15, 0.2) is 12.2 Å². The Morgan fingerprint density at radius 1 is 0.911 bits per heavy atom. The summed E-state index contributed by atoms with van der Waals surface area (Å²) in [6, 6.07) is 4.46. The Morgan fingerprint density at radius 2 is 1.51 bits per heavy atom. The summed E-state index contributed by atoms with van der Waals surface area (Å²) < 4.78 is 56.4. The van der Waals surface area contributed by atoms with Crippen LogP contribution in [0.5, 0.6) is 11.6 Å². The van der Waals surface area contributed by atoms with Crippen molar-refractivity contribution in [2.45, 2.75) is 112 Å². The van der Waals surface area contributed by atoms with E-state index in [2.05, 4.69) is 5.10 Å².